The van der Waals surface area contributed by atoms with Crippen molar-refractivity contribution in [3.63, 3.8) is 0 Å². The molecular weight excluding hydrogens is 303 g/mol. The van der Waals surface area contributed by atoms with E-state index < -0.39 is 11.7 Å². The molecule has 0 unspecified atom stereocenters. The highest BCUT2D eigenvalue weighted by molar-refractivity contribution is 7.13. The minimum Gasteiger partial charge on any atom is -0.304 e. The van der Waals surface area contributed by atoms with Crippen LogP contribution in [0.25, 0.3) is 0 Å². The van der Waals surface area contributed by atoms with Gasteiger partial charge in [-0.1, -0.05) is 12.1 Å². The average Bonchev–Trinajstić information content (AvgIpc) is 2.91. The van der Waals surface area contributed by atoms with Gasteiger partial charge in [0.25, 0.3) is 0 Å². The Bertz CT molecular complexity index is 582. The van der Waals surface area contributed by atoms with Gasteiger partial charge in [-0.05, 0) is 17.7 Å². The molecule has 112 valence electrons. The molecule has 21 heavy (non-hydrogen) atoms. The zero-order valence-electron chi connectivity index (χ0n) is 10.8. The molecule has 2 aromatic rings. The highest BCUT2D eigenvalue weighted by Gasteiger charge is 2.29. The van der Waals surface area contributed by atoms with Crippen LogP contribution < -0.4 is 10.6 Å². The number of alkyl halides is 3. The lowest BCUT2D eigenvalue weighted by molar-refractivity contribution is -0.137. The molecule has 4 nitrogen and oxygen atoms in total. The first kappa shape index (κ1) is 15.5. The molecule has 8 heteroatoms. The van der Waals surface area contributed by atoms with Gasteiger partial charge in [0.1, 0.15) is 0 Å². The molecule has 0 saturated heterocycles. The van der Waals surface area contributed by atoms with Gasteiger partial charge < -0.3 is 10.6 Å². The van der Waals surface area contributed by atoms with E-state index in [1.54, 1.807) is 11.6 Å². The second-order valence-corrected chi connectivity index (χ2v) is 5.08. The number of amides is 1. The molecule has 1 aromatic carbocycles. The van der Waals surface area contributed by atoms with Crippen LogP contribution in [0.2, 0.25) is 0 Å². The largest absolute Gasteiger partial charge is 0.416 e. The lowest BCUT2D eigenvalue weighted by Gasteiger charge is -2.08. The molecule has 0 fully saturated rings. The van der Waals surface area contributed by atoms with Crippen LogP contribution in [0.15, 0.2) is 35.8 Å². The van der Waals surface area contributed by atoms with Gasteiger partial charge in [-0.3, -0.25) is 4.79 Å². The molecule has 1 heterocycles. The number of thiazole rings is 1. The number of benzene rings is 1. The molecule has 0 saturated carbocycles. The van der Waals surface area contributed by atoms with Crippen molar-refractivity contribution in [1.29, 1.82) is 0 Å². The van der Waals surface area contributed by atoms with E-state index in [9.17, 15) is 18.0 Å². The monoisotopic (exact) mass is 315 g/mol. The van der Waals surface area contributed by atoms with Crippen LogP contribution in [-0.2, 0) is 17.5 Å². The van der Waals surface area contributed by atoms with E-state index in [0.29, 0.717) is 17.2 Å². The minimum atomic E-state index is -4.33. The molecule has 0 aliphatic rings. The van der Waals surface area contributed by atoms with Gasteiger partial charge in [-0.15, -0.1) is 11.3 Å². The maximum absolute atomic E-state index is 12.4. The lowest BCUT2D eigenvalue weighted by atomic mass is 10.1. The molecule has 0 atom stereocenters. The maximum atomic E-state index is 12.4. The van der Waals surface area contributed by atoms with Crippen LogP contribution >= 0.6 is 11.3 Å². The number of anilines is 1. The Morgan fingerprint density at radius 2 is 1.95 bits per heavy atom. The van der Waals surface area contributed by atoms with Crippen LogP contribution in [0, 0.1) is 0 Å². The first-order valence-corrected chi connectivity index (χ1v) is 6.89. The smallest absolute Gasteiger partial charge is 0.304 e. The predicted octanol–water partition coefficient (Wildman–Crippen LogP) is 2.89. The molecule has 0 radical (unpaired) electrons. The van der Waals surface area contributed by atoms with E-state index in [1.807, 2.05) is 0 Å². The summed E-state index contributed by atoms with van der Waals surface area (Å²) in [6.45, 7) is 0.365. The Kier molecular flexibility index (Phi) is 4.92. The number of rotatable bonds is 5. The number of halogens is 3. The Labute approximate surface area is 123 Å². The van der Waals surface area contributed by atoms with Crippen molar-refractivity contribution >= 4 is 22.4 Å². The van der Waals surface area contributed by atoms with E-state index >= 15 is 0 Å². The number of nitrogens with one attached hydrogen (secondary N) is 2. The van der Waals surface area contributed by atoms with Gasteiger partial charge in [0, 0.05) is 18.1 Å². The predicted molar refractivity (Wildman–Crippen MR) is 73.9 cm³/mol. The Morgan fingerprint density at radius 3 is 2.52 bits per heavy atom. The fourth-order valence-corrected chi connectivity index (χ4v) is 2.13. The van der Waals surface area contributed by atoms with Crippen molar-refractivity contribution in [3.05, 3.63) is 47.0 Å². The summed E-state index contributed by atoms with van der Waals surface area (Å²) in [5.41, 5.74) is -0.0159. The highest BCUT2D eigenvalue weighted by atomic mass is 32.1. The first-order valence-electron chi connectivity index (χ1n) is 6.01. The molecule has 0 spiro atoms. The third kappa shape index (κ3) is 4.83. The number of hydrogen-bond donors (Lipinski definition) is 2. The van der Waals surface area contributed by atoms with Gasteiger partial charge in [-0.25, -0.2) is 4.98 Å². The molecular formula is C13H12F3N3OS. The van der Waals surface area contributed by atoms with E-state index in [0.717, 1.165) is 12.1 Å². The van der Waals surface area contributed by atoms with Gasteiger partial charge in [0.2, 0.25) is 5.91 Å². The average molecular weight is 315 g/mol. The van der Waals surface area contributed by atoms with E-state index in [2.05, 4.69) is 15.6 Å². The molecule has 0 aliphatic heterocycles. The third-order valence-electron chi connectivity index (χ3n) is 2.57. The van der Waals surface area contributed by atoms with Crippen LogP contribution in [0.1, 0.15) is 11.1 Å². The fraction of sp³-hybridized carbons (Fsp3) is 0.231. The van der Waals surface area contributed by atoms with Crippen molar-refractivity contribution in [1.82, 2.24) is 10.3 Å². The summed E-state index contributed by atoms with van der Waals surface area (Å²) in [5, 5.41) is 7.70. The fourth-order valence-electron chi connectivity index (χ4n) is 1.58. The maximum Gasteiger partial charge on any atom is 0.416 e. The standard InChI is InChI=1S/C13H12F3N3OS/c14-13(15,16)10-3-1-9(2-4-10)7-17-8-11(20)19-12-18-5-6-21-12/h1-6,17H,7-8H2,(H,18,19,20). The number of hydrogen-bond acceptors (Lipinski definition) is 4. The number of carbonyl (C=O) groups is 1. The minimum absolute atomic E-state index is 0.0562. The Morgan fingerprint density at radius 1 is 1.24 bits per heavy atom. The van der Waals surface area contributed by atoms with Gasteiger partial charge >= 0.3 is 6.18 Å². The zero-order chi connectivity index (χ0) is 15.3. The molecule has 2 rings (SSSR count). The molecule has 1 aromatic heterocycles. The second kappa shape index (κ2) is 6.68. The highest BCUT2D eigenvalue weighted by Crippen LogP contribution is 2.28. The summed E-state index contributed by atoms with van der Waals surface area (Å²) < 4.78 is 37.2. The third-order valence-corrected chi connectivity index (χ3v) is 3.26. The van der Waals surface area contributed by atoms with Gasteiger partial charge in [0.05, 0.1) is 12.1 Å². The second-order valence-electron chi connectivity index (χ2n) is 4.18. The summed E-state index contributed by atoms with van der Waals surface area (Å²) in [6.07, 6.45) is -2.75. The quantitative estimate of drug-likeness (QED) is 0.892. The Hall–Kier alpha value is -1.93. The van der Waals surface area contributed by atoms with E-state index in [1.165, 1.54) is 23.5 Å². The van der Waals surface area contributed by atoms with Crippen molar-refractivity contribution in [2.24, 2.45) is 0 Å². The zero-order valence-corrected chi connectivity index (χ0v) is 11.6. The summed E-state index contributed by atoms with van der Waals surface area (Å²) in [6, 6.07) is 4.81. The van der Waals surface area contributed by atoms with E-state index in [-0.39, 0.29) is 12.5 Å². The van der Waals surface area contributed by atoms with Crippen molar-refractivity contribution in [2.45, 2.75) is 12.7 Å². The molecule has 1 amide bonds. The molecule has 0 bridgehead atoms. The summed E-state index contributed by atoms with van der Waals surface area (Å²) >= 11 is 1.31. The topological polar surface area (TPSA) is 54.0 Å². The normalized spacial score (nSPS) is 11.4. The van der Waals surface area contributed by atoms with Crippen LogP contribution in [-0.4, -0.2) is 17.4 Å². The lowest BCUT2D eigenvalue weighted by Crippen LogP contribution is -2.27. The molecule has 0 aliphatic carbocycles. The SMILES string of the molecule is O=C(CNCc1ccc(C(F)(F)F)cc1)Nc1nccs1. The van der Waals surface area contributed by atoms with Crippen molar-refractivity contribution in [2.75, 3.05) is 11.9 Å². The molecule has 2 N–H and O–H groups in total. The van der Waals surface area contributed by atoms with Crippen LogP contribution in [0.3, 0.4) is 0 Å². The van der Waals surface area contributed by atoms with Crippen LogP contribution in [0.5, 0.6) is 0 Å². The Balaban J connectivity index is 1.77. The van der Waals surface area contributed by atoms with Gasteiger partial charge in [0.15, 0.2) is 5.13 Å². The summed E-state index contributed by atoms with van der Waals surface area (Å²) in [4.78, 5) is 15.4. The number of aromatic nitrogens is 1. The number of nitrogens with zero attached hydrogens (tertiary/aromatic N) is 1. The van der Waals surface area contributed by atoms with Crippen LogP contribution in [0.4, 0.5) is 18.3 Å². The van der Waals surface area contributed by atoms with Crippen molar-refractivity contribution < 1.29 is 18.0 Å². The number of carbonyl (C=O) groups excluding carboxylic acids is 1. The van der Waals surface area contributed by atoms with E-state index in [4.69, 9.17) is 0 Å². The first-order chi connectivity index (χ1) is 9.95. The summed E-state index contributed by atoms with van der Waals surface area (Å²) in [5.74, 6) is -0.253. The van der Waals surface area contributed by atoms with Gasteiger partial charge in [-0.2, -0.15) is 13.2 Å². The van der Waals surface area contributed by atoms with Crippen molar-refractivity contribution in [3.8, 4) is 0 Å². The summed E-state index contributed by atoms with van der Waals surface area (Å²) in [7, 11) is 0.